The average Bonchev–Trinajstić information content (AvgIpc) is 2.83. The molecule has 0 bridgehead atoms. The number of hydrogen-bond donors (Lipinski definition) is 0. The molecule has 0 saturated heterocycles. The zero-order valence-electron chi connectivity index (χ0n) is 19.5. The smallest absolute Gasteiger partial charge is 0.348 e. The van der Waals surface area contributed by atoms with Crippen molar-refractivity contribution in [2.45, 2.75) is 26.7 Å². The number of rotatable bonds is 11. The Hall–Kier alpha value is -3.51. The van der Waals surface area contributed by atoms with Crippen molar-refractivity contribution in [2.24, 2.45) is 0 Å². The topological polar surface area (TPSA) is 104 Å². The Balaban J connectivity index is 2.16. The second-order valence-electron chi connectivity index (χ2n) is 6.80. The molecule has 0 aromatic heterocycles. The molecule has 2 aromatic carbocycles. The summed E-state index contributed by atoms with van der Waals surface area (Å²) in [5, 5.41) is 9.23. The van der Waals surface area contributed by atoms with Crippen LogP contribution in [0.2, 0.25) is 0 Å². The van der Waals surface area contributed by atoms with Gasteiger partial charge in [0, 0.05) is 4.47 Å². The van der Waals surface area contributed by atoms with Crippen LogP contribution in [0.25, 0.3) is 6.08 Å². The third-order valence-corrected chi connectivity index (χ3v) is 5.31. The molecule has 0 atom stereocenters. The largest absolute Gasteiger partial charge is 0.493 e. The summed E-state index contributed by atoms with van der Waals surface area (Å²) in [5.41, 5.74) is 1.25. The number of carbonyl (C=O) groups excluding carboxylic acids is 2. The van der Waals surface area contributed by atoms with Crippen molar-refractivity contribution in [1.82, 2.24) is 0 Å². The van der Waals surface area contributed by atoms with Gasteiger partial charge >= 0.3 is 11.9 Å². The fourth-order valence-corrected chi connectivity index (χ4v) is 3.50. The van der Waals surface area contributed by atoms with E-state index in [9.17, 15) is 14.9 Å². The van der Waals surface area contributed by atoms with E-state index in [4.69, 9.17) is 23.7 Å². The Bertz CT molecular complexity index is 1110. The molecule has 0 amide bonds. The molecule has 0 heterocycles. The summed E-state index contributed by atoms with van der Waals surface area (Å²) in [6, 6.07) is 10.2. The summed E-state index contributed by atoms with van der Waals surface area (Å²) in [7, 11) is 3.10. The average molecular weight is 532 g/mol. The van der Waals surface area contributed by atoms with Crippen LogP contribution in [0.4, 0.5) is 0 Å². The van der Waals surface area contributed by atoms with E-state index in [0.717, 1.165) is 10.0 Å². The Morgan fingerprint density at radius 3 is 2.32 bits per heavy atom. The van der Waals surface area contributed by atoms with Gasteiger partial charge in [0.15, 0.2) is 23.0 Å². The van der Waals surface area contributed by atoms with Crippen molar-refractivity contribution in [1.29, 1.82) is 5.26 Å². The highest BCUT2D eigenvalue weighted by molar-refractivity contribution is 9.10. The van der Waals surface area contributed by atoms with Crippen LogP contribution in [-0.2, 0) is 20.7 Å². The van der Waals surface area contributed by atoms with Crippen LogP contribution in [0, 0.1) is 11.3 Å². The highest BCUT2D eigenvalue weighted by Gasteiger charge is 2.15. The van der Waals surface area contributed by atoms with E-state index >= 15 is 0 Å². The molecule has 9 heteroatoms. The van der Waals surface area contributed by atoms with Gasteiger partial charge in [-0.05, 0) is 61.7 Å². The van der Waals surface area contributed by atoms with Gasteiger partial charge in [0.05, 0.1) is 33.9 Å². The molecule has 2 aromatic rings. The highest BCUT2D eigenvalue weighted by Crippen LogP contribution is 2.34. The van der Waals surface area contributed by atoms with Gasteiger partial charge in [-0.2, -0.15) is 5.26 Å². The molecular weight excluding hydrogens is 506 g/mol. The highest BCUT2D eigenvalue weighted by atomic mass is 79.9. The summed E-state index contributed by atoms with van der Waals surface area (Å²) < 4.78 is 27.4. The maximum atomic E-state index is 12.5. The van der Waals surface area contributed by atoms with Gasteiger partial charge in [-0.3, -0.25) is 4.79 Å². The van der Waals surface area contributed by atoms with Crippen LogP contribution in [0.5, 0.6) is 23.0 Å². The van der Waals surface area contributed by atoms with Gasteiger partial charge in [0.2, 0.25) is 0 Å². The molecule has 0 fully saturated rings. The number of esters is 2. The molecule has 8 nitrogen and oxygen atoms in total. The number of nitrogens with zero attached hydrogens (tertiary/aromatic N) is 1. The maximum Gasteiger partial charge on any atom is 0.348 e. The Morgan fingerprint density at radius 1 is 1.00 bits per heavy atom. The van der Waals surface area contributed by atoms with Crippen LogP contribution in [-0.4, -0.2) is 39.4 Å². The number of benzene rings is 2. The minimum absolute atomic E-state index is 0.114. The fourth-order valence-electron chi connectivity index (χ4n) is 2.98. The Morgan fingerprint density at radius 2 is 1.71 bits per heavy atom. The molecule has 34 heavy (non-hydrogen) atoms. The number of methoxy groups -OCH3 is 2. The van der Waals surface area contributed by atoms with Crippen LogP contribution < -0.4 is 18.9 Å². The second kappa shape index (κ2) is 13.3. The molecular formula is C25H26BrNO7. The van der Waals surface area contributed by atoms with E-state index in [1.807, 2.05) is 6.07 Å². The van der Waals surface area contributed by atoms with Crippen molar-refractivity contribution >= 4 is 33.9 Å². The van der Waals surface area contributed by atoms with Gasteiger partial charge in [0.25, 0.3) is 0 Å². The summed E-state index contributed by atoms with van der Waals surface area (Å²) >= 11 is 3.48. The van der Waals surface area contributed by atoms with E-state index in [1.165, 1.54) is 6.08 Å². The van der Waals surface area contributed by atoms with E-state index in [1.54, 1.807) is 58.4 Å². The SMILES string of the molecule is CCOC(=O)/C(C#N)=C/c1ccc(OC(=O)CCc2cc(OC)c(OC)cc2Br)c(OCC)c1. The maximum absolute atomic E-state index is 12.5. The summed E-state index contributed by atoms with van der Waals surface area (Å²) in [5.74, 6) is 0.549. The van der Waals surface area contributed by atoms with Crippen molar-refractivity contribution in [3.63, 3.8) is 0 Å². The molecule has 0 aliphatic heterocycles. The molecule has 180 valence electrons. The monoisotopic (exact) mass is 531 g/mol. The van der Waals surface area contributed by atoms with E-state index in [2.05, 4.69) is 15.9 Å². The second-order valence-corrected chi connectivity index (χ2v) is 7.66. The molecule has 2 rings (SSSR count). The van der Waals surface area contributed by atoms with Gasteiger partial charge in [-0.25, -0.2) is 4.79 Å². The Kier molecular flexibility index (Phi) is 10.4. The van der Waals surface area contributed by atoms with E-state index in [-0.39, 0.29) is 24.4 Å². The molecule has 0 N–H and O–H groups in total. The lowest BCUT2D eigenvalue weighted by molar-refractivity contribution is -0.138. The summed E-state index contributed by atoms with van der Waals surface area (Å²) in [4.78, 5) is 24.4. The van der Waals surface area contributed by atoms with Gasteiger partial charge in [0.1, 0.15) is 11.6 Å². The molecule has 0 spiro atoms. The van der Waals surface area contributed by atoms with Crippen LogP contribution in [0.15, 0.2) is 40.4 Å². The number of ether oxygens (including phenoxy) is 5. The quantitative estimate of drug-likeness (QED) is 0.175. The first-order valence-electron chi connectivity index (χ1n) is 10.5. The summed E-state index contributed by atoms with van der Waals surface area (Å²) in [6.45, 7) is 3.95. The van der Waals surface area contributed by atoms with Crippen molar-refractivity contribution < 1.29 is 33.3 Å². The number of aryl methyl sites for hydroxylation is 1. The number of halogens is 1. The third-order valence-electron chi connectivity index (χ3n) is 4.57. The van der Waals surface area contributed by atoms with Crippen LogP contribution in [0.1, 0.15) is 31.4 Å². The van der Waals surface area contributed by atoms with Crippen LogP contribution in [0.3, 0.4) is 0 Å². The van der Waals surface area contributed by atoms with Crippen molar-refractivity contribution in [3.8, 4) is 29.1 Å². The first-order chi connectivity index (χ1) is 16.4. The first kappa shape index (κ1) is 26.7. The number of nitriles is 1. The van der Waals surface area contributed by atoms with Crippen molar-refractivity contribution in [3.05, 3.63) is 51.5 Å². The molecule has 0 aliphatic carbocycles. The minimum Gasteiger partial charge on any atom is -0.493 e. The number of carbonyl (C=O) groups is 2. The summed E-state index contributed by atoms with van der Waals surface area (Å²) in [6.07, 6.45) is 1.92. The van der Waals surface area contributed by atoms with Crippen molar-refractivity contribution in [2.75, 3.05) is 27.4 Å². The normalized spacial score (nSPS) is 10.8. The first-order valence-corrected chi connectivity index (χ1v) is 11.3. The third kappa shape index (κ3) is 7.25. The molecule has 0 saturated carbocycles. The lowest BCUT2D eigenvalue weighted by Crippen LogP contribution is -2.10. The predicted octanol–water partition coefficient (Wildman–Crippen LogP) is 4.87. The standard InChI is InChI=1S/C25H26BrNO7/c1-5-32-23-12-16(11-18(15-27)25(29)33-6-2)7-9-20(23)34-24(28)10-8-17-13-21(30-3)22(31-4)14-19(17)26/h7,9,11-14H,5-6,8,10H2,1-4H3/b18-11+. The van der Waals surface area contributed by atoms with E-state index in [0.29, 0.717) is 35.8 Å². The Labute approximate surface area is 207 Å². The lowest BCUT2D eigenvalue weighted by Gasteiger charge is -2.13. The molecule has 0 radical (unpaired) electrons. The van der Waals surface area contributed by atoms with Crippen LogP contribution >= 0.6 is 15.9 Å². The number of hydrogen-bond acceptors (Lipinski definition) is 8. The van der Waals surface area contributed by atoms with Gasteiger partial charge in [-0.1, -0.05) is 22.0 Å². The van der Waals surface area contributed by atoms with E-state index < -0.39 is 11.9 Å². The van der Waals surface area contributed by atoms with Gasteiger partial charge < -0.3 is 23.7 Å². The van der Waals surface area contributed by atoms with Gasteiger partial charge in [-0.15, -0.1) is 0 Å². The zero-order chi connectivity index (χ0) is 25.1. The molecule has 0 unspecified atom stereocenters. The predicted molar refractivity (Wildman–Crippen MR) is 129 cm³/mol. The zero-order valence-corrected chi connectivity index (χ0v) is 21.1. The molecule has 0 aliphatic rings. The fraction of sp³-hybridized carbons (Fsp3) is 0.320. The minimum atomic E-state index is -0.709. The lowest BCUT2D eigenvalue weighted by atomic mass is 10.1.